The van der Waals surface area contributed by atoms with Crippen LogP contribution in [0.15, 0.2) is 0 Å². The lowest BCUT2D eigenvalue weighted by Crippen LogP contribution is -2.71. The number of amides is 1. The lowest BCUT2D eigenvalue weighted by molar-refractivity contribution is -0.161. The Morgan fingerprint density at radius 1 is 1.38 bits per heavy atom. The first-order chi connectivity index (χ1) is 7.29. The fraction of sp³-hybridized carbons (Fsp3) is 0.909. The highest BCUT2D eigenvalue weighted by molar-refractivity contribution is 9.24. The number of rotatable bonds is 2. The molecule has 0 aromatic heterocycles. The Balaban J connectivity index is 2.46. The third kappa shape index (κ3) is 1.07. The van der Waals surface area contributed by atoms with Gasteiger partial charge in [-0.2, -0.15) is 0 Å². The van der Waals surface area contributed by atoms with Gasteiger partial charge in [0.1, 0.15) is 0 Å². The first-order valence-electron chi connectivity index (χ1n) is 5.43. The van der Waals surface area contributed by atoms with Crippen LogP contribution in [-0.2, 0) is 4.79 Å². The predicted octanol–water partition coefficient (Wildman–Crippen LogP) is 3.42. The van der Waals surface area contributed by atoms with E-state index < -0.39 is 0 Å². The van der Waals surface area contributed by atoms with E-state index in [1.807, 2.05) is 0 Å². The second-order valence-electron chi connectivity index (χ2n) is 5.38. The fourth-order valence-electron chi connectivity index (χ4n) is 3.92. The second-order valence-corrected chi connectivity index (χ2v) is 9.35. The molecule has 3 aliphatic carbocycles. The van der Waals surface area contributed by atoms with Crippen molar-refractivity contribution in [2.45, 2.75) is 35.3 Å². The molecule has 0 radical (unpaired) electrons. The van der Waals surface area contributed by atoms with Crippen molar-refractivity contribution in [3.05, 3.63) is 0 Å². The summed E-state index contributed by atoms with van der Waals surface area (Å²) < 4.78 is 0.243. The van der Waals surface area contributed by atoms with Crippen LogP contribution in [0.3, 0.4) is 0 Å². The van der Waals surface area contributed by atoms with E-state index in [9.17, 15) is 4.79 Å². The van der Waals surface area contributed by atoms with Gasteiger partial charge < -0.3 is 5.32 Å². The minimum atomic E-state index is -0.248. The molecule has 1 amide bonds. The van der Waals surface area contributed by atoms with Crippen molar-refractivity contribution in [2.75, 3.05) is 7.05 Å². The van der Waals surface area contributed by atoms with Crippen LogP contribution in [0.2, 0.25) is 0 Å². The Hall–Kier alpha value is 0.910. The van der Waals surface area contributed by atoms with Crippen molar-refractivity contribution in [3.8, 4) is 0 Å². The molecule has 3 saturated carbocycles. The molecule has 5 heteroatoms. The monoisotopic (exact) mass is 415 g/mol. The maximum Gasteiger partial charge on any atom is 0.227 e. The van der Waals surface area contributed by atoms with E-state index >= 15 is 0 Å². The normalized spacial score (nSPS) is 44.3. The van der Waals surface area contributed by atoms with Crippen molar-refractivity contribution in [2.24, 2.45) is 16.2 Å². The minimum absolute atomic E-state index is 0.00588. The molecule has 0 aromatic carbocycles. The van der Waals surface area contributed by atoms with Gasteiger partial charge >= 0.3 is 0 Å². The molecule has 0 heterocycles. The van der Waals surface area contributed by atoms with Crippen molar-refractivity contribution in [1.82, 2.24) is 5.32 Å². The van der Waals surface area contributed by atoms with Crippen LogP contribution in [0, 0.1) is 16.2 Å². The molecule has 3 aliphatic rings. The van der Waals surface area contributed by atoms with Gasteiger partial charge in [0.25, 0.3) is 0 Å². The van der Waals surface area contributed by atoms with Crippen molar-refractivity contribution < 1.29 is 4.79 Å². The molecule has 2 nitrogen and oxygen atoms in total. The van der Waals surface area contributed by atoms with Gasteiger partial charge in [-0.3, -0.25) is 4.79 Å². The van der Waals surface area contributed by atoms with E-state index in [4.69, 9.17) is 0 Å². The number of hydrogen-bond acceptors (Lipinski definition) is 1. The molecule has 16 heavy (non-hydrogen) atoms. The summed E-state index contributed by atoms with van der Waals surface area (Å²) in [5.41, 5.74) is -0.118. The summed E-state index contributed by atoms with van der Waals surface area (Å²) in [6, 6.07) is 0. The Bertz CT molecular complexity index is 344. The zero-order valence-electron chi connectivity index (χ0n) is 9.61. The van der Waals surface area contributed by atoms with E-state index in [2.05, 4.69) is 67.0 Å². The molecule has 0 aliphatic heterocycles. The Kier molecular flexibility index (Phi) is 3.09. The van der Waals surface area contributed by atoms with Gasteiger partial charge in [0.15, 0.2) is 0 Å². The van der Waals surface area contributed by atoms with Gasteiger partial charge in [0.2, 0.25) is 5.91 Å². The van der Waals surface area contributed by atoms with Gasteiger partial charge in [-0.1, -0.05) is 61.6 Å². The number of carbonyl (C=O) groups excluding carboxylic acids is 1. The van der Waals surface area contributed by atoms with Gasteiger partial charge in [0, 0.05) is 17.3 Å². The zero-order chi connectivity index (χ0) is 12.4. The summed E-state index contributed by atoms with van der Waals surface area (Å²) in [7, 11) is 1.73. The molecular weight excluding hydrogens is 402 g/mol. The topological polar surface area (TPSA) is 29.1 Å². The molecule has 3 rings (SSSR count). The Morgan fingerprint density at radius 3 is 2.25 bits per heavy atom. The largest absolute Gasteiger partial charge is 0.359 e. The smallest absolute Gasteiger partial charge is 0.227 e. The molecule has 1 N–H and O–H groups in total. The SMILES string of the molecule is CNC(=O)[C@@]12CC[C@](C(Br)Br)([C@H]1Br)C2(C)C. The van der Waals surface area contributed by atoms with E-state index in [0.717, 1.165) is 12.8 Å². The van der Waals surface area contributed by atoms with Crippen LogP contribution in [0.1, 0.15) is 26.7 Å². The molecule has 3 fully saturated rings. The van der Waals surface area contributed by atoms with Gasteiger partial charge in [-0.05, 0) is 18.3 Å². The molecule has 0 saturated heterocycles. The summed E-state index contributed by atoms with van der Waals surface area (Å²) in [6.45, 7) is 4.42. The molecule has 2 bridgehead atoms. The third-order valence-corrected chi connectivity index (χ3v) is 8.35. The van der Waals surface area contributed by atoms with Crippen molar-refractivity contribution in [1.29, 1.82) is 0 Å². The average Bonchev–Trinajstić information content (AvgIpc) is 2.66. The van der Waals surface area contributed by atoms with Gasteiger partial charge in [-0.15, -0.1) is 0 Å². The van der Waals surface area contributed by atoms with Crippen LogP contribution < -0.4 is 5.32 Å². The van der Waals surface area contributed by atoms with Crippen LogP contribution in [-0.4, -0.2) is 21.5 Å². The maximum absolute atomic E-state index is 12.2. The first-order valence-corrected chi connectivity index (χ1v) is 8.18. The van der Waals surface area contributed by atoms with E-state index in [-0.39, 0.29) is 30.7 Å². The zero-order valence-corrected chi connectivity index (χ0v) is 14.4. The number of carbonyl (C=O) groups is 1. The van der Waals surface area contributed by atoms with Crippen LogP contribution in [0.4, 0.5) is 0 Å². The highest BCUT2D eigenvalue weighted by Gasteiger charge is 2.83. The van der Waals surface area contributed by atoms with Crippen LogP contribution in [0.5, 0.6) is 0 Å². The summed E-state index contributed by atoms with van der Waals surface area (Å²) in [5, 5.41) is 2.83. The first kappa shape index (κ1) is 13.3. The van der Waals surface area contributed by atoms with Crippen molar-refractivity contribution >= 4 is 53.7 Å². The summed E-state index contributed by atoms with van der Waals surface area (Å²) in [4.78, 5) is 12.4. The maximum atomic E-state index is 12.2. The van der Waals surface area contributed by atoms with Gasteiger partial charge in [-0.25, -0.2) is 0 Å². The number of alkyl halides is 3. The lowest BCUT2D eigenvalue weighted by Gasteiger charge is -2.66. The molecule has 0 aromatic rings. The summed E-state index contributed by atoms with van der Waals surface area (Å²) >= 11 is 11.1. The number of nitrogens with one attached hydrogen (secondary N) is 1. The van der Waals surface area contributed by atoms with E-state index in [1.165, 1.54) is 0 Å². The molecule has 0 spiro atoms. The van der Waals surface area contributed by atoms with E-state index in [0.29, 0.717) is 0 Å². The fourth-order valence-corrected chi connectivity index (χ4v) is 8.84. The molecular formula is C11H16Br3NO. The van der Waals surface area contributed by atoms with E-state index in [1.54, 1.807) is 7.05 Å². The van der Waals surface area contributed by atoms with Gasteiger partial charge in [0.05, 0.1) is 9.15 Å². The molecule has 0 unspecified atom stereocenters. The van der Waals surface area contributed by atoms with Crippen molar-refractivity contribution in [3.63, 3.8) is 0 Å². The van der Waals surface area contributed by atoms with Crippen LogP contribution in [0.25, 0.3) is 0 Å². The molecule has 92 valence electrons. The minimum Gasteiger partial charge on any atom is -0.359 e. The highest BCUT2D eigenvalue weighted by atomic mass is 79.9. The second kappa shape index (κ2) is 3.70. The highest BCUT2D eigenvalue weighted by Crippen LogP contribution is 2.82. The Labute approximate surface area is 122 Å². The number of halogens is 3. The van der Waals surface area contributed by atoms with Crippen LogP contribution >= 0.6 is 47.8 Å². The summed E-state index contributed by atoms with van der Waals surface area (Å²) in [5.74, 6) is 0.174. The standard InChI is InChI=1S/C11H16Br3NO/c1-9(2)10(7(13)14)4-5-11(9,6(10)12)8(16)15-3/h6-7H,4-5H2,1-3H3,(H,15,16)/t6-,10-,11-/m1/s1. The lowest BCUT2D eigenvalue weighted by atomic mass is 9.43. The quantitative estimate of drug-likeness (QED) is 0.685. The number of hydrogen-bond donors (Lipinski definition) is 1. The average molecular weight is 418 g/mol. The third-order valence-electron chi connectivity index (χ3n) is 5.12. The Morgan fingerprint density at radius 2 is 1.94 bits per heavy atom. The predicted molar refractivity (Wildman–Crippen MR) is 76.3 cm³/mol. The molecule has 3 atom stereocenters. The number of fused-ring (bicyclic) bond motifs is 1. The summed E-state index contributed by atoms with van der Waals surface area (Å²) in [6.07, 6.45) is 2.04.